The third kappa shape index (κ3) is 4.54. The Morgan fingerprint density at radius 2 is 2.05 bits per heavy atom. The molecule has 19 heavy (non-hydrogen) atoms. The third-order valence-corrected chi connectivity index (χ3v) is 3.24. The number of ether oxygens (including phenoxy) is 1. The van der Waals surface area contributed by atoms with E-state index in [1.54, 1.807) is 11.8 Å². The second-order valence-electron chi connectivity index (χ2n) is 3.93. The summed E-state index contributed by atoms with van der Waals surface area (Å²) in [4.78, 5) is 13.0. The molecule has 1 rings (SSSR count). The van der Waals surface area contributed by atoms with E-state index in [0.717, 1.165) is 0 Å². The van der Waals surface area contributed by atoms with Crippen LogP contribution in [0.15, 0.2) is 16.6 Å². The Kier molecular flexibility index (Phi) is 6.37. The van der Waals surface area contributed by atoms with Crippen LogP contribution in [0.2, 0.25) is 0 Å². The minimum absolute atomic E-state index is 0.00966. The van der Waals surface area contributed by atoms with Crippen LogP contribution in [-0.2, 0) is 16.1 Å². The third-order valence-electron chi connectivity index (χ3n) is 2.63. The average Bonchev–Trinajstić information content (AvgIpc) is 2.38. The van der Waals surface area contributed by atoms with E-state index in [9.17, 15) is 13.6 Å². The summed E-state index contributed by atoms with van der Waals surface area (Å²) in [5.41, 5.74) is -0.0551. The SMILES string of the molecule is CCOC(=O)CN(CC)Cc1c(F)ccc(Br)c1F. The molecule has 1 aromatic carbocycles. The molecule has 106 valence electrons. The smallest absolute Gasteiger partial charge is 0.320 e. The quantitative estimate of drug-likeness (QED) is 0.591. The van der Waals surface area contributed by atoms with Crippen LogP contribution in [0.5, 0.6) is 0 Å². The highest BCUT2D eigenvalue weighted by Gasteiger charge is 2.17. The van der Waals surface area contributed by atoms with Gasteiger partial charge in [-0.1, -0.05) is 6.92 Å². The van der Waals surface area contributed by atoms with E-state index in [1.165, 1.54) is 12.1 Å². The Bertz CT molecular complexity index is 455. The number of nitrogens with zero attached hydrogens (tertiary/aromatic N) is 1. The standard InChI is InChI=1S/C13H16BrF2NO2/c1-3-17(8-12(18)19-4-2)7-9-11(15)6-5-10(14)13(9)16/h5-6H,3-4,7-8H2,1-2H3. The van der Waals surface area contributed by atoms with E-state index in [-0.39, 0.29) is 29.7 Å². The van der Waals surface area contributed by atoms with Gasteiger partial charge >= 0.3 is 5.97 Å². The van der Waals surface area contributed by atoms with E-state index in [0.29, 0.717) is 6.54 Å². The van der Waals surface area contributed by atoms with Crippen LogP contribution in [0.3, 0.4) is 0 Å². The number of carbonyl (C=O) groups is 1. The van der Waals surface area contributed by atoms with Crippen molar-refractivity contribution >= 4 is 21.9 Å². The molecular weight excluding hydrogens is 320 g/mol. The molecule has 1 aromatic rings. The van der Waals surface area contributed by atoms with Gasteiger partial charge < -0.3 is 4.74 Å². The van der Waals surface area contributed by atoms with Gasteiger partial charge in [-0.05, 0) is 41.5 Å². The molecule has 0 atom stereocenters. The molecule has 0 aliphatic rings. The Labute approximate surface area is 119 Å². The number of carbonyl (C=O) groups excluding carboxylic acids is 1. The van der Waals surface area contributed by atoms with Crippen LogP contribution in [0.25, 0.3) is 0 Å². The molecule has 3 nitrogen and oxygen atoms in total. The summed E-state index contributed by atoms with van der Waals surface area (Å²) in [6.07, 6.45) is 0. The maximum absolute atomic E-state index is 13.8. The summed E-state index contributed by atoms with van der Waals surface area (Å²) < 4.78 is 32.4. The van der Waals surface area contributed by atoms with Gasteiger partial charge in [-0.2, -0.15) is 0 Å². The Morgan fingerprint density at radius 3 is 2.63 bits per heavy atom. The first-order chi connectivity index (χ1) is 8.99. The lowest BCUT2D eigenvalue weighted by Gasteiger charge is -2.20. The van der Waals surface area contributed by atoms with Crippen molar-refractivity contribution in [3.8, 4) is 0 Å². The average molecular weight is 336 g/mol. The van der Waals surface area contributed by atoms with Gasteiger partial charge in [-0.15, -0.1) is 0 Å². The van der Waals surface area contributed by atoms with E-state index in [2.05, 4.69) is 15.9 Å². The maximum atomic E-state index is 13.8. The lowest BCUT2D eigenvalue weighted by Crippen LogP contribution is -2.31. The van der Waals surface area contributed by atoms with Crippen molar-refractivity contribution < 1.29 is 18.3 Å². The number of rotatable bonds is 6. The molecule has 0 N–H and O–H groups in total. The van der Waals surface area contributed by atoms with Gasteiger partial charge in [-0.25, -0.2) is 8.78 Å². The van der Waals surface area contributed by atoms with Crippen LogP contribution < -0.4 is 0 Å². The molecule has 0 saturated heterocycles. The van der Waals surface area contributed by atoms with Gasteiger partial charge in [0.2, 0.25) is 0 Å². The van der Waals surface area contributed by atoms with E-state index >= 15 is 0 Å². The summed E-state index contributed by atoms with van der Waals surface area (Å²) >= 11 is 3.02. The van der Waals surface area contributed by atoms with Crippen molar-refractivity contribution in [3.63, 3.8) is 0 Å². The number of benzene rings is 1. The number of hydrogen-bond acceptors (Lipinski definition) is 3. The zero-order chi connectivity index (χ0) is 14.4. The van der Waals surface area contributed by atoms with E-state index in [4.69, 9.17) is 4.74 Å². The summed E-state index contributed by atoms with van der Waals surface area (Å²) in [6.45, 7) is 4.33. The normalized spacial score (nSPS) is 10.8. The first kappa shape index (κ1) is 16.0. The number of esters is 1. The van der Waals surface area contributed by atoms with Crippen LogP contribution in [0.4, 0.5) is 8.78 Å². The maximum Gasteiger partial charge on any atom is 0.320 e. The predicted molar refractivity (Wildman–Crippen MR) is 71.6 cm³/mol. The first-order valence-corrected chi connectivity index (χ1v) is 6.79. The molecule has 0 aromatic heterocycles. The molecule has 6 heteroatoms. The largest absolute Gasteiger partial charge is 0.465 e. The fraction of sp³-hybridized carbons (Fsp3) is 0.462. The highest BCUT2D eigenvalue weighted by Crippen LogP contribution is 2.22. The van der Waals surface area contributed by atoms with Gasteiger partial charge in [0.15, 0.2) is 0 Å². The number of halogens is 3. The van der Waals surface area contributed by atoms with Gasteiger partial charge in [0, 0.05) is 12.1 Å². The Balaban J connectivity index is 2.81. The Hall–Kier alpha value is -1.01. The lowest BCUT2D eigenvalue weighted by atomic mass is 10.2. The monoisotopic (exact) mass is 335 g/mol. The topological polar surface area (TPSA) is 29.5 Å². The molecule has 0 spiro atoms. The molecule has 0 amide bonds. The second kappa shape index (κ2) is 7.55. The van der Waals surface area contributed by atoms with Gasteiger partial charge in [0.1, 0.15) is 11.6 Å². The lowest BCUT2D eigenvalue weighted by molar-refractivity contribution is -0.144. The van der Waals surface area contributed by atoms with Crippen LogP contribution >= 0.6 is 15.9 Å². The fourth-order valence-corrected chi connectivity index (χ4v) is 1.98. The highest BCUT2D eigenvalue weighted by atomic mass is 79.9. The molecule has 0 saturated carbocycles. The summed E-state index contributed by atoms with van der Waals surface area (Å²) in [7, 11) is 0. The van der Waals surface area contributed by atoms with Crippen molar-refractivity contribution in [2.24, 2.45) is 0 Å². The van der Waals surface area contributed by atoms with Crippen molar-refractivity contribution in [2.75, 3.05) is 19.7 Å². The molecule has 0 aliphatic heterocycles. The minimum atomic E-state index is -0.637. The molecule has 0 radical (unpaired) electrons. The highest BCUT2D eigenvalue weighted by molar-refractivity contribution is 9.10. The van der Waals surface area contributed by atoms with Gasteiger partial charge in [-0.3, -0.25) is 9.69 Å². The fourth-order valence-electron chi connectivity index (χ4n) is 1.61. The van der Waals surface area contributed by atoms with Crippen molar-refractivity contribution in [2.45, 2.75) is 20.4 Å². The van der Waals surface area contributed by atoms with E-state index < -0.39 is 17.6 Å². The van der Waals surface area contributed by atoms with Crippen LogP contribution in [0.1, 0.15) is 19.4 Å². The number of hydrogen-bond donors (Lipinski definition) is 0. The zero-order valence-electron chi connectivity index (χ0n) is 10.9. The van der Waals surface area contributed by atoms with Crippen molar-refractivity contribution in [1.82, 2.24) is 4.90 Å². The molecule has 0 fully saturated rings. The second-order valence-corrected chi connectivity index (χ2v) is 4.78. The molecule has 0 heterocycles. The van der Waals surface area contributed by atoms with Crippen molar-refractivity contribution in [1.29, 1.82) is 0 Å². The predicted octanol–water partition coefficient (Wildman–Crippen LogP) is 3.11. The summed E-state index contributed by atoms with van der Waals surface area (Å²) in [5.74, 6) is -1.66. The summed E-state index contributed by atoms with van der Waals surface area (Å²) in [5, 5.41) is 0. The molecule has 0 bridgehead atoms. The van der Waals surface area contributed by atoms with Crippen LogP contribution in [-0.4, -0.2) is 30.6 Å². The van der Waals surface area contributed by atoms with Gasteiger partial charge in [0.05, 0.1) is 17.6 Å². The van der Waals surface area contributed by atoms with Crippen LogP contribution in [0, 0.1) is 11.6 Å². The first-order valence-electron chi connectivity index (χ1n) is 5.99. The molecule has 0 unspecified atom stereocenters. The van der Waals surface area contributed by atoms with Crippen molar-refractivity contribution in [3.05, 3.63) is 33.8 Å². The summed E-state index contributed by atoms with van der Waals surface area (Å²) in [6, 6.07) is 2.51. The van der Waals surface area contributed by atoms with Gasteiger partial charge in [0.25, 0.3) is 0 Å². The Morgan fingerprint density at radius 1 is 1.37 bits per heavy atom. The molecule has 0 aliphatic carbocycles. The molecular formula is C13H16BrF2NO2. The number of likely N-dealkylation sites (N-methyl/N-ethyl adjacent to an activating group) is 1. The minimum Gasteiger partial charge on any atom is -0.465 e. The van der Waals surface area contributed by atoms with E-state index in [1.807, 2.05) is 6.92 Å². The zero-order valence-corrected chi connectivity index (χ0v) is 12.5.